The van der Waals surface area contributed by atoms with E-state index in [4.69, 9.17) is 9.52 Å². The van der Waals surface area contributed by atoms with Gasteiger partial charge in [-0.3, -0.25) is 14.9 Å². The maximum absolute atomic E-state index is 10.8. The van der Waals surface area contributed by atoms with Crippen LogP contribution in [0.5, 0.6) is 0 Å². The van der Waals surface area contributed by atoms with Gasteiger partial charge >= 0.3 is 5.97 Å². The van der Waals surface area contributed by atoms with Crippen molar-refractivity contribution in [1.29, 1.82) is 0 Å². The van der Waals surface area contributed by atoms with Crippen molar-refractivity contribution in [3.8, 4) is 11.3 Å². The van der Waals surface area contributed by atoms with Crippen LogP contribution in [-0.2, 0) is 11.2 Å². The third kappa shape index (κ3) is 2.37. The van der Waals surface area contributed by atoms with Crippen molar-refractivity contribution >= 4 is 11.7 Å². The molecule has 1 aromatic carbocycles. The summed E-state index contributed by atoms with van der Waals surface area (Å²) >= 11 is 0. The molecule has 0 atom stereocenters. The minimum atomic E-state index is -1.02. The summed E-state index contributed by atoms with van der Waals surface area (Å²) in [5, 5.41) is 19.5. The lowest BCUT2D eigenvalue weighted by molar-refractivity contribution is -0.384. The number of rotatable bonds is 4. The Hall–Kier alpha value is -2.63. The largest absolute Gasteiger partial charge is 0.481 e. The molecule has 6 nitrogen and oxygen atoms in total. The number of furan rings is 1. The van der Waals surface area contributed by atoms with Gasteiger partial charge in [0, 0.05) is 6.07 Å². The lowest BCUT2D eigenvalue weighted by atomic mass is 10.1. The minimum absolute atomic E-state index is 0.0753. The van der Waals surface area contributed by atoms with Crippen molar-refractivity contribution < 1.29 is 19.2 Å². The normalized spacial score (nSPS) is 10.2. The number of nitrogens with zero attached hydrogens (tertiary/aromatic N) is 1. The Labute approximate surface area is 102 Å². The molecular weight excluding hydrogens is 238 g/mol. The van der Waals surface area contributed by atoms with Crippen LogP contribution in [-0.4, -0.2) is 16.0 Å². The summed E-state index contributed by atoms with van der Waals surface area (Å²) < 4.78 is 5.29. The van der Waals surface area contributed by atoms with Gasteiger partial charge in [0.25, 0.3) is 5.69 Å². The number of carboxylic acids is 1. The number of carboxylic acid groups (broad SMARTS) is 1. The number of para-hydroxylation sites is 1. The molecule has 0 saturated carbocycles. The summed E-state index contributed by atoms with van der Waals surface area (Å²) in [6, 6.07) is 9.17. The van der Waals surface area contributed by atoms with Gasteiger partial charge in [0.1, 0.15) is 17.9 Å². The summed E-state index contributed by atoms with van der Waals surface area (Å²) in [6.45, 7) is 0. The van der Waals surface area contributed by atoms with E-state index in [9.17, 15) is 14.9 Å². The summed E-state index contributed by atoms with van der Waals surface area (Å²) in [5.74, 6) is -0.465. The van der Waals surface area contributed by atoms with Crippen LogP contribution in [0.4, 0.5) is 5.69 Å². The van der Waals surface area contributed by atoms with Crippen molar-refractivity contribution in [2.75, 3.05) is 0 Å². The molecule has 1 heterocycles. The van der Waals surface area contributed by atoms with E-state index in [0.29, 0.717) is 11.3 Å². The van der Waals surface area contributed by atoms with Crippen molar-refractivity contribution in [2.24, 2.45) is 0 Å². The molecule has 0 bridgehead atoms. The zero-order valence-corrected chi connectivity index (χ0v) is 9.20. The Morgan fingerprint density at radius 3 is 2.67 bits per heavy atom. The number of nitro benzene ring substituents is 1. The highest BCUT2D eigenvalue weighted by Crippen LogP contribution is 2.30. The first-order valence-corrected chi connectivity index (χ1v) is 5.12. The zero-order chi connectivity index (χ0) is 13.1. The van der Waals surface area contributed by atoms with Crippen molar-refractivity contribution in [3.63, 3.8) is 0 Å². The van der Waals surface area contributed by atoms with Crippen molar-refractivity contribution in [2.45, 2.75) is 6.42 Å². The van der Waals surface area contributed by atoms with Crippen LogP contribution >= 0.6 is 0 Å². The smallest absolute Gasteiger partial charge is 0.311 e. The molecule has 1 aromatic heterocycles. The average Bonchev–Trinajstić information content (AvgIpc) is 2.76. The number of benzene rings is 1. The topological polar surface area (TPSA) is 93.6 Å². The highest BCUT2D eigenvalue weighted by molar-refractivity contribution is 5.72. The van der Waals surface area contributed by atoms with Gasteiger partial charge in [0.2, 0.25) is 0 Å². The highest BCUT2D eigenvalue weighted by Gasteiger charge is 2.17. The third-order valence-corrected chi connectivity index (χ3v) is 2.35. The second-order valence-electron chi connectivity index (χ2n) is 3.61. The lowest BCUT2D eigenvalue weighted by Gasteiger charge is -1.98. The van der Waals surface area contributed by atoms with Gasteiger partial charge in [-0.15, -0.1) is 0 Å². The maximum atomic E-state index is 10.8. The molecule has 18 heavy (non-hydrogen) atoms. The Kier molecular flexibility index (Phi) is 3.09. The Bertz CT molecular complexity index is 602. The van der Waals surface area contributed by atoms with Gasteiger partial charge in [0.15, 0.2) is 0 Å². The Morgan fingerprint density at radius 1 is 1.28 bits per heavy atom. The second kappa shape index (κ2) is 4.70. The van der Waals surface area contributed by atoms with Crippen LogP contribution in [0.15, 0.2) is 40.8 Å². The van der Waals surface area contributed by atoms with E-state index < -0.39 is 10.9 Å². The van der Waals surface area contributed by atoms with Crippen LogP contribution in [0.2, 0.25) is 0 Å². The molecule has 0 unspecified atom stereocenters. The molecule has 2 rings (SSSR count). The number of carbonyl (C=O) groups is 1. The molecule has 0 radical (unpaired) electrons. The predicted molar refractivity (Wildman–Crippen MR) is 62.1 cm³/mol. The molecular formula is C12H9NO5. The van der Waals surface area contributed by atoms with E-state index in [1.807, 2.05) is 0 Å². The van der Waals surface area contributed by atoms with Gasteiger partial charge < -0.3 is 9.52 Å². The number of hydrogen-bond acceptors (Lipinski definition) is 4. The minimum Gasteiger partial charge on any atom is -0.481 e. The zero-order valence-electron chi connectivity index (χ0n) is 9.20. The molecule has 0 aliphatic rings. The molecule has 92 valence electrons. The fourth-order valence-electron chi connectivity index (χ4n) is 1.61. The fourth-order valence-corrected chi connectivity index (χ4v) is 1.61. The first kappa shape index (κ1) is 11.8. The lowest BCUT2D eigenvalue weighted by Crippen LogP contribution is -1.97. The van der Waals surface area contributed by atoms with Crippen molar-refractivity contribution in [3.05, 3.63) is 52.3 Å². The Balaban J connectivity index is 2.40. The molecule has 0 aliphatic heterocycles. The molecule has 6 heteroatoms. The summed E-state index contributed by atoms with van der Waals surface area (Å²) in [4.78, 5) is 20.9. The predicted octanol–water partition coefficient (Wildman–Crippen LogP) is 2.48. The SMILES string of the molecule is O=C(O)Cc1ccc(-c2ccccc2[N+](=O)[O-])o1. The van der Waals surface area contributed by atoms with E-state index in [-0.39, 0.29) is 17.9 Å². The summed E-state index contributed by atoms with van der Waals surface area (Å²) in [6.07, 6.45) is -0.249. The summed E-state index contributed by atoms with van der Waals surface area (Å²) in [7, 11) is 0. The van der Waals surface area contributed by atoms with Crippen LogP contribution in [0.3, 0.4) is 0 Å². The van der Waals surface area contributed by atoms with Gasteiger partial charge in [-0.25, -0.2) is 0 Å². The quantitative estimate of drug-likeness (QED) is 0.661. The number of nitro groups is 1. The van der Waals surface area contributed by atoms with E-state index in [2.05, 4.69) is 0 Å². The van der Waals surface area contributed by atoms with E-state index in [0.717, 1.165) is 0 Å². The second-order valence-corrected chi connectivity index (χ2v) is 3.61. The van der Waals surface area contributed by atoms with E-state index in [1.165, 1.54) is 18.2 Å². The van der Waals surface area contributed by atoms with Crippen LogP contribution in [0.1, 0.15) is 5.76 Å². The Morgan fingerprint density at radius 2 is 2.00 bits per heavy atom. The standard InChI is InChI=1S/C12H9NO5/c14-12(15)7-8-5-6-11(18-8)9-3-1-2-4-10(9)13(16)17/h1-6H,7H2,(H,14,15). The van der Waals surface area contributed by atoms with Gasteiger partial charge in [0.05, 0.1) is 10.5 Å². The first-order valence-electron chi connectivity index (χ1n) is 5.12. The molecule has 0 saturated heterocycles. The van der Waals surface area contributed by atoms with E-state index in [1.54, 1.807) is 18.2 Å². The number of aliphatic carboxylic acids is 1. The first-order chi connectivity index (χ1) is 8.58. The van der Waals surface area contributed by atoms with E-state index >= 15 is 0 Å². The van der Waals surface area contributed by atoms with Crippen LogP contribution < -0.4 is 0 Å². The monoisotopic (exact) mass is 247 g/mol. The number of hydrogen-bond donors (Lipinski definition) is 1. The molecule has 2 aromatic rings. The van der Waals surface area contributed by atoms with Crippen LogP contribution in [0.25, 0.3) is 11.3 Å². The highest BCUT2D eigenvalue weighted by atomic mass is 16.6. The molecule has 0 amide bonds. The van der Waals surface area contributed by atoms with Crippen molar-refractivity contribution in [1.82, 2.24) is 0 Å². The van der Waals surface area contributed by atoms with Gasteiger partial charge in [-0.2, -0.15) is 0 Å². The van der Waals surface area contributed by atoms with Crippen LogP contribution in [0, 0.1) is 10.1 Å². The van der Waals surface area contributed by atoms with Gasteiger partial charge in [-0.05, 0) is 18.2 Å². The average molecular weight is 247 g/mol. The summed E-state index contributed by atoms with van der Waals surface area (Å²) in [5.41, 5.74) is 0.257. The molecule has 1 N–H and O–H groups in total. The molecule has 0 aliphatic carbocycles. The molecule has 0 spiro atoms. The third-order valence-electron chi connectivity index (χ3n) is 2.35. The van der Waals surface area contributed by atoms with Gasteiger partial charge in [-0.1, -0.05) is 12.1 Å². The fraction of sp³-hybridized carbons (Fsp3) is 0.0833. The molecule has 0 fully saturated rings. The maximum Gasteiger partial charge on any atom is 0.311 e.